The zero-order valence-corrected chi connectivity index (χ0v) is 10.5. The highest BCUT2D eigenvalue weighted by atomic mass is 16.6. The van der Waals surface area contributed by atoms with Crippen LogP contribution in [0.15, 0.2) is 43.0 Å². The second kappa shape index (κ2) is 6.69. The molecule has 0 aliphatic carbocycles. The smallest absolute Gasteiger partial charge is 0.0874 e. The second-order valence-electron chi connectivity index (χ2n) is 4.62. The minimum absolute atomic E-state index is 0.00587. The van der Waals surface area contributed by atoms with Crippen LogP contribution < -0.4 is 0 Å². The summed E-state index contributed by atoms with van der Waals surface area (Å²) in [5.41, 5.74) is 1.15. The Hall–Kier alpha value is -1.16. The normalized spacial score (nSPS) is 27.3. The quantitative estimate of drug-likeness (QED) is 0.785. The molecule has 0 unspecified atom stereocenters. The first-order chi connectivity index (χ1) is 8.79. The number of rotatable bonds is 6. The van der Waals surface area contributed by atoms with Crippen LogP contribution in [0.1, 0.15) is 18.4 Å². The van der Waals surface area contributed by atoms with Gasteiger partial charge >= 0.3 is 0 Å². The topological polar surface area (TPSA) is 38.7 Å². The van der Waals surface area contributed by atoms with Crippen molar-refractivity contribution < 1.29 is 14.6 Å². The van der Waals surface area contributed by atoms with Gasteiger partial charge in [-0.3, -0.25) is 0 Å². The van der Waals surface area contributed by atoms with Crippen LogP contribution in [0.4, 0.5) is 0 Å². The van der Waals surface area contributed by atoms with E-state index < -0.39 is 6.10 Å². The molecule has 0 spiro atoms. The van der Waals surface area contributed by atoms with Gasteiger partial charge in [-0.25, -0.2) is 0 Å². The number of hydrogen-bond donors (Lipinski definition) is 1. The van der Waals surface area contributed by atoms with Gasteiger partial charge in [-0.2, -0.15) is 0 Å². The van der Waals surface area contributed by atoms with Crippen LogP contribution in [-0.4, -0.2) is 30.0 Å². The molecule has 1 aromatic carbocycles. The van der Waals surface area contributed by atoms with Crippen LogP contribution in [0.25, 0.3) is 0 Å². The van der Waals surface area contributed by atoms with E-state index in [1.54, 1.807) is 6.08 Å². The zero-order chi connectivity index (χ0) is 12.8. The summed E-state index contributed by atoms with van der Waals surface area (Å²) in [4.78, 5) is 0. The molecule has 98 valence electrons. The van der Waals surface area contributed by atoms with E-state index in [1.807, 2.05) is 30.3 Å². The van der Waals surface area contributed by atoms with E-state index >= 15 is 0 Å². The molecule has 3 heteroatoms. The Balaban J connectivity index is 1.70. The first-order valence-corrected chi connectivity index (χ1v) is 6.35. The molecule has 0 aromatic heterocycles. The van der Waals surface area contributed by atoms with E-state index in [-0.39, 0.29) is 12.2 Å². The third-order valence-electron chi connectivity index (χ3n) is 3.12. The van der Waals surface area contributed by atoms with Crippen LogP contribution in [-0.2, 0) is 16.1 Å². The predicted molar refractivity (Wildman–Crippen MR) is 70.2 cm³/mol. The van der Waals surface area contributed by atoms with Gasteiger partial charge in [-0.1, -0.05) is 36.4 Å². The van der Waals surface area contributed by atoms with Gasteiger partial charge in [0, 0.05) is 6.42 Å². The van der Waals surface area contributed by atoms with E-state index in [1.165, 1.54) is 0 Å². The number of benzene rings is 1. The average molecular weight is 248 g/mol. The Morgan fingerprint density at radius 3 is 2.89 bits per heavy atom. The fraction of sp³-hybridized carbons (Fsp3) is 0.467. The standard InChI is InChI=1S/C15H20O3/c1-2-6-15-14(16)9-13(18-15)11-17-10-12-7-4-3-5-8-12/h2-5,7-8,13-16H,1,6,9-11H2/t13-,14-,15-/m1/s1. The van der Waals surface area contributed by atoms with Crippen LogP contribution >= 0.6 is 0 Å². The average Bonchev–Trinajstić information content (AvgIpc) is 2.72. The minimum atomic E-state index is -0.395. The third kappa shape index (κ3) is 3.67. The van der Waals surface area contributed by atoms with E-state index in [4.69, 9.17) is 9.47 Å². The largest absolute Gasteiger partial charge is 0.390 e. The highest BCUT2D eigenvalue weighted by Crippen LogP contribution is 2.23. The molecule has 0 bridgehead atoms. The van der Waals surface area contributed by atoms with E-state index in [2.05, 4.69) is 6.58 Å². The van der Waals surface area contributed by atoms with Gasteiger partial charge in [0.05, 0.1) is 31.5 Å². The van der Waals surface area contributed by atoms with Gasteiger partial charge in [0.25, 0.3) is 0 Å². The molecule has 0 amide bonds. The van der Waals surface area contributed by atoms with Crippen molar-refractivity contribution in [1.82, 2.24) is 0 Å². The lowest BCUT2D eigenvalue weighted by atomic mass is 10.1. The molecule has 2 rings (SSSR count). The molecule has 1 N–H and O–H groups in total. The molecule has 1 fully saturated rings. The summed E-state index contributed by atoms with van der Waals surface area (Å²) in [5.74, 6) is 0. The maximum Gasteiger partial charge on any atom is 0.0874 e. The van der Waals surface area contributed by atoms with Gasteiger partial charge in [-0.05, 0) is 12.0 Å². The molecule has 0 radical (unpaired) electrons. The molecule has 18 heavy (non-hydrogen) atoms. The molecule has 1 heterocycles. The van der Waals surface area contributed by atoms with Crippen molar-refractivity contribution in [3.05, 3.63) is 48.6 Å². The van der Waals surface area contributed by atoms with E-state index in [9.17, 15) is 5.11 Å². The fourth-order valence-corrected chi connectivity index (χ4v) is 2.18. The summed E-state index contributed by atoms with van der Waals surface area (Å²) in [6.45, 7) is 4.78. The van der Waals surface area contributed by atoms with Crippen molar-refractivity contribution in [3.8, 4) is 0 Å². The first-order valence-electron chi connectivity index (χ1n) is 6.35. The Bertz CT molecular complexity index is 363. The molecular weight excluding hydrogens is 228 g/mol. The van der Waals surface area contributed by atoms with Gasteiger partial charge in [0.15, 0.2) is 0 Å². The molecule has 0 saturated carbocycles. The number of aliphatic hydroxyl groups is 1. The molecule has 1 aliphatic heterocycles. The molecule has 3 atom stereocenters. The fourth-order valence-electron chi connectivity index (χ4n) is 2.18. The van der Waals surface area contributed by atoms with Gasteiger partial charge in [0.2, 0.25) is 0 Å². The highest BCUT2D eigenvalue weighted by Gasteiger charge is 2.32. The molecule has 3 nitrogen and oxygen atoms in total. The highest BCUT2D eigenvalue weighted by molar-refractivity contribution is 5.13. The summed E-state index contributed by atoms with van der Waals surface area (Å²) < 4.78 is 11.3. The van der Waals surface area contributed by atoms with Crippen LogP contribution in [0.2, 0.25) is 0 Å². The van der Waals surface area contributed by atoms with Gasteiger partial charge in [0.1, 0.15) is 0 Å². The second-order valence-corrected chi connectivity index (χ2v) is 4.62. The van der Waals surface area contributed by atoms with E-state index in [0.717, 1.165) is 5.56 Å². The summed E-state index contributed by atoms with van der Waals surface area (Å²) in [5, 5.41) is 9.78. The zero-order valence-electron chi connectivity index (χ0n) is 10.5. The summed E-state index contributed by atoms with van der Waals surface area (Å²) in [6, 6.07) is 10.0. The van der Waals surface area contributed by atoms with Crippen LogP contribution in [0, 0.1) is 0 Å². The number of hydrogen-bond acceptors (Lipinski definition) is 3. The number of aliphatic hydroxyl groups excluding tert-OH is 1. The van der Waals surface area contributed by atoms with Crippen LogP contribution in [0.3, 0.4) is 0 Å². The molecule has 1 saturated heterocycles. The lowest BCUT2D eigenvalue weighted by Crippen LogP contribution is -2.19. The molecule has 1 aliphatic rings. The van der Waals surface area contributed by atoms with Crippen molar-refractivity contribution in [1.29, 1.82) is 0 Å². The summed E-state index contributed by atoms with van der Waals surface area (Å²) >= 11 is 0. The Kier molecular flexibility index (Phi) is 4.93. The lowest BCUT2D eigenvalue weighted by molar-refractivity contribution is -0.0295. The molecular formula is C15H20O3. The Morgan fingerprint density at radius 1 is 1.39 bits per heavy atom. The summed E-state index contributed by atoms with van der Waals surface area (Å²) in [6.07, 6.45) is 2.60. The van der Waals surface area contributed by atoms with Crippen molar-refractivity contribution >= 4 is 0 Å². The van der Waals surface area contributed by atoms with Crippen molar-refractivity contribution in [2.75, 3.05) is 6.61 Å². The van der Waals surface area contributed by atoms with Gasteiger partial charge < -0.3 is 14.6 Å². The van der Waals surface area contributed by atoms with Crippen molar-refractivity contribution in [3.63, 3.8) is 0 Å². The third-order valence-corrected chi connectivity index (χ3v) is 3.12. The predicted octanol–water partition coefficient (Wildman–Crippen LogP) is 2.30. The monoisotopic (exact) mass is 248 g/mol. The van der Waals surface area contributed by atoms with Gasteiger partial charge in [-0.15, -0.1) is 6.58 Å². The number of ether oxygens (including phenoxy) is 2. The Morgan fingerprint density at radius 2 is 2.17 bits per heavy atom. The Labute approximate surface area is 108 Å². The van der Waals surface area contributed by atoms with Crippen LogP contribution in [0.5, 0.6) is 0 Å². The minimum Gasteiger partial charge on any atom is -0.390 e. The maximum absolute atomic E-state index is 9.78. The van der Waals surface area contributed by atoms with Crippen molar-refractivity contribution in [2.24, 2.45) is 0 Å². The SMILES string of the molecule is C=CC[C@H]1O[C@@H](COCc2ccccc2)C[C@H]1O. The lowest BCUT2D eigenvalue weighted by Gasteiger charge is -2.13. The van der Waals surface area contributed by atoms with Crippen molar-refractivity contribution in [2.45, 2.75) is 37.8 Å². The maximum atomic E-state index is 9.78. The first kappa shape index (κ1) is 13.3. The molecule has 1 aromatic rings. The summed E-state index contributed by atoms with van der Waals surface area (Å²) in [7, 11) is 0. The van der Waals surface area contributed by atoms with E-state index in [0.29, 0.717) is 26.1 Å².